The SMILES string of the molecule is CC(NP(=O)(OC[C@H]1O[C@@H](n2cnc3c(=O)[nH]c(N)nc32)[C@](C)(O)C1F)Oc1ccc(F)c(Cl)c1)C(=O)OC1CCCCC1. The van der Waals surface area contributed by atoms with Crippen molar-refractivity contribution in [2.45, 2.75) is 82.2 Å². The number of ether oxygens (including phenoxy) is 2. The predicted octanol–water partition coefficient (Wildman–Crippen LogP) is 3.54. The third-order valence-corrected chi connectivity index (χ3v) is 9.39. The van der Waals surface area contributed by atoms with E-state index in [0.717, 1.165) is 55.3 Å². The summed E-state index contributed by atoms with van der Waals surface area (Å²) in [5, 5.41) is 13.2. The van der Waals surface area contributed by atoms with Crippen LogP contribution in [0.5, 0.6) is 5.75 Å². The van der Waals surface area contributed by atoms with Crippen LogP contribution in [0.1, 0.15) is 52.2 Å². The maximum absolute atomic E-state index is 15.6. The maximum atomic E-state index is 15.6. The topological polar surface area (TPSA) is 193 Å². The Morgan fingerprint density at radius 1 is 1.39 bits per heavy atom. The molecule has 2 aliphatic rings. The summed E-state index contributed by atoms with van der Waals surface area (Å²) >= 11 is 5.85. The van der Waals surface area contributed by atoms with Crippen molar-refractivity contribution in [3.63, 3.8) is 0 Å². The molecule has 2 fully saturated rings. The highest BCUT2D eigenvalue weighted by molar-refractivity contribution is 7.52. The Kier molecular flexibility index (Phi) is 9.31. The molecule has 5 N–H and O–H groups in total. The fourth-order valence-electron chi connectivity index (χ4n) is 5.14. The second-order valence-electron chi connectivity index (χ2n) is 10.9. The van der Waals surface area contributed by atoms with Gasteiger partial charge in [-0.05, 0) is 51.7 Å². The Bertz CT molecular complexity index is 1630. The van der Waals surface area contributed by atoms with Gasteiger partial charge in [-0.3, -0.25) is 23.7 Å². The van der Waals surface area contributed by atoms with E-state index in [2.05, 4.69) is 20.0 Å². The highest BCUT2D eigenvalue weighted by Crippen LogP contribution is 2.48. The number of carbonyl (C=O) groups is 1. The number of fused-ring (bicyclic) bond motifs is 1. The number of aliphatic hydroxyl groups is 1. The van der Waals surface area contributed by atoms with Crippen LogP contribution in [0.4, 0.5) is 14.7 Å². The van der Waals surface area contributed by atoms with Crippen molar-refractivity contribution in [2.24, 2.45) is 0 Å². The maximum Gasteiger partial charge on any atom is 0.459 e. The van der Waals surface area contributed by atoms with E-state index in [1.807, 2.05) is 0 Å². The number of aromatic nitrogens is 4. The normalized spacial score (nSPS) is 26.4. The Balaban J connectivity index is 1.35. The highest BCUT2D eigenvalue weighted by atomic mass is 35.5. The monoisotopic (exact) mass is 660 g/mol. The second-order valence-corrected chi connectivity index (χ2v) is 13.0. The van der Waals surface area contributed by atoms with Gasteiger partial charge in [0.05, 0.1) is 18.0 Å². The van der Waals surface area contributed by atoms with Crippen molar-refractivity contribution in [2.75, 3.05) is 12.3 Å². The standard InChI is InChI=1S/C26H32ClF2N6O8P/c1-13(23(37)41-14-6-4-3-5-7-14)34-44(39,43-15-8-9-17(28)16(27)10-15)40-11-18-20(29)26(2,38)24(42-18)35-12-31-19-21(35)32-25(30)33-22(19)36/h8-10,12-14,18,20,24,38H,3-7,11H2,1-2H3,(H,34,39)(H3,30,32,33,36)/t13?,18-,20?,24-,26-,44?/m1/s1. The molecule has 44 heavy (non-hydrogen) atoms. The number of hydrogen-bond donors (Lipinski definition) is 4. The lowest BCUT2D eigenvalue weighted by atomic mass is 9.98. The summed E-state index contributed by atoms with van der Waals surface area (Å²) in [7, 11) is -4.55. The van der Waals surface area contributed by atoms with Gasteiger partial charge in [-0.1, -0.05) is 18.0 Å². The van der Waals surface area contributed by atoms with Gasteiger partial charge in [0.2, 0.25) is 5.95 Å². The van der Waals surface area contributed by atoms with Crippen molar-refractivity contribution >= 4 is 42.4 Å². The number of imidazole rings is 1. The van der Waals surface area contributed by atoms with Crippen LogP contribution >= 0.6 is 19.3 Å². The average Bonchev–Trinajstić information content (AvgIpc) is 3.47. The fraction of sp³-hybridized carbons (Fsp3) is 0.538. The number of nitrogens with one attached hydrogen (secondary N) is 2. The van der Waals surface area contributed by atoms with Crippen LogP contribution in [0, 0.1) is 5.82 Å². The quantitative estimate of drug-likeness (QED) is 0.183. The smallest absolute Gasteiger partial charge is 0.459 e. The largest absolute Gasteiger partial charge is 0.461 e. The fourth-order valence-corrected chi connectivity index (χ4v) is 6.81. The van der Waals surface area contributed by atoms with E-state index in [4.69, 9.17) is 35.9 Å². The molecule has 5 rings (SSSR count). The van der Waals surface area contributed by atoms with Gasteiger partial charge in [0.1, 0.15) is 35.4 Å². The molecule has 0 amide bonds. The van der Waals surface area contributed by atoms with Crippen molar-refractivity contribution in [3.8, 4) is 5.75 Å². The minimum Gasteiger partial charge on any atom is -0.461 e. The summed E-state index contributed by atoms with van der Waals surface area (Å²) in [6, 6.07) is 1.96. The minimum atomic E-state index is -4.55. The number of H-pyrrole nitrogens is 1. The van der Waals surface area contributed by atoms with Crippen molar-refractivity contribution in [3.05, 3.63) is 45.7 Å². The van der Waals surface area contributed by atoms with E-state index < -0.39 is 61.8 Å². The number of alkyl halides is 1. The third-order valence-electron chi connectivity index (χ3n) is 7.46. The average molecular weight is 661 g/mol. The number of aromatic amines is 1. The van der Waals surface area contributed by atoms with Crippen molar-refractivity contribution in [1.29, 1.82) is 0 Å². The zero-order valence-corrected chi connectivity index (χ0v) is 25.4. The molecule has 18 heteroatoms. The number of esters is 1. The van der Waals surface area contributed by atoms with Gasteiger partial charge in [0.15, 0.2) is 23.6 Å². The van der Waals surface area contributed by atoms with Crippen LogP contribution in [-0.2, 0) is 23.4 Å². The van der Waals surface area contributed by atoms with Crippen LogP contribution in [0.15, 0.2) is 29.3 Å². The van der Waals surface area contributed by atoms with Crippen LogP contribution in [0.25, 0.3) is 11.2 Å². The predicted molar refractivity (Wildman–Crippen MR) is 153 cm³/mol. The van der Waals surface area contributed by atoms with Crippen LogP contribution in [0.2, 0.25) is 5.02 Å². The highest BCUT2D eigenvalue weighted by Gasteiger charge is 2.55. The van der Waals surface area contributed by atoms with Crippen LogP contribution in [0.3, 0.4) is 0 Å². The number of hydrogen-bond acceptors (Lipinski definition) is 11. The lowest BCUT2D eigenvalue weighted by molar-refractivity contribution is -0.152. The van der Waals surface area contributed by atoms with Gasteiger partial charge < -0.3 is 24.8 Å². The van der Waals surface area contributed by atoms with Crippen LogP contribution < -0.4 is 20.9 Å². The van der Waals surface area contributed by atoms with Gasteiger partial charge in [0, 0.05) is 6.07 Å². The first-order valence-corrected chi connectivity index (χ1v) is 15.8. The summed E-state index contributed by atoms with van der Waals surface area (Å²) in [5.74, 6) is -1.88. The minimum absolute atomic E-state index is 0.0699. The number of carbonyl (C=O) groups excluding carboxylic acids is 1. The van der Waals surface area contributed by atoms with Crippen molar-refractivity contribution in [1.82, 2.24) is 24.6 Å². The van der Waals surface area contributed by atoms with E-state index in [1.165, 1.54) is 6.92 Å². The molecule has 2 aromatic heterocycles. The molecule has 14 nitrogen and oxygen atoms in total. The van der Waals surface area contributed by atoms with E-state index >= 15 is 4.39 Å². The molecular formula is C26H32ClF2N6O8P. The van der Waals surface area contributed by atoms with Crippen LogP contribution in [-0.4, -0.2) is 67.2 Å². The van der Waals surface area contributed by atoms with Gasteiger partial charge in [-0.25, -0.2) is 18.3 Å². The van der Waals surface area contributed by atoms with Gasteiger partial charge in [0.25, 0.3) is 5.56 Å². The Morgan fingerprint density at radius 2 is 2.11 bits per heavy atom. The summed E-state index contributed by atoms with van der Waals surface area (Å²) in [5.41, 5.74) is 2.59. The molecule has 3 heterocycles. The van der Waals surface area contributed by atoms with Crippen molar-refractivity contribution < 1.29 is 41.8 Å². The molecular weight excluding hydrogens is 629 g/mol. The molecule has 3 unspecified atom stereocenters. The molecule has 6 atom stereocenters. The number of nitrogen functional groups attached to an aromatic ring is 1. The van der Waals surface area contributed by atoms with E-state index in [0.29, 0.717) is 12.8 Å². The summed E-state index contributed by atoms with van der Waals surface area (Å²) in [4.78, 5) is 35.3. The van der Waals surface area contributed by atoms with Gasteiger partial charge >= 0.3 is 13.7 Å². The lowest BCUT2D eigenvalue weighted by Crippen LogP contribution is -2.42. The first-order chi connectivity index (χ1) is 20.8. The number of nitrogens with zero attached hydrogens (tertiary/aromatic N) is 3. The molecule has 1 aliphatic carbocycles. The van der Waals surface area contributed by atoms with E-state index in [-0.39, 0.29) is 34.0 Å². The van der Waals surface area contributed by atoms with Gasteiger partial charge in [-0.15, -0.1) is 0 Å². The number of halogens is 3. The molecule has 1 aromatic carbocycles. The Morgan fingerprint density at radius 3 is 2.82 bits per heavy atom. The van der Waals surface area contributed by atoms with E-state index in [9.17, 15) is 23.7 Å². The number of anilines is 1. The summed E-state index contributed by atoms with van der Waals surface area (Å²) in [6.45, 7) is 1.79. The molecule has 0 bridgehead atoms. The molecule has 240 valence electrons. The number of benzene rings is 1. The first kappa shape index (κ1) is 32.3. The second kappa shape index (κ2) is 12.7. The molecule has 3 aromatic rings. The van der Waals surface area contributed by atoms with Gasteiger partial charge in [-0.2, -0.15) is 10.1 Å². The third kappa shape index (κ3) is 6.75. The van der Waals surface area contributed by atoms with E-state index in [1.54, 1.807) is 0 Å². The Labute approximate surface area is 254 Å². The Hall–Kier alpha value is -3.14. The number of rotatable bonds is 10. The molecule has 0 radical (unpaired) electrons. The molecule has 1 aliphatic heterocycles. The lowest BCUT2D eigenvalue weighted by Gasteiger charge is -2.27. The summed E-state index contributed by atoms with van der Waals surface area (Å²) in [6.07, 6.45) is 0.0332. The zero-order valence-electron chi connectivity index (χ0n) is 23.7. The number of nitrogens with two attached hydrogens (primary N) is 1. The molecule has 1 saturated heterocycles. The molecule has 1 saturated carbocycles. The first-order valence-electron chi connectivity index (χ1n) is 13.9. The zero-order chi connectivity index (χ0) is 31.8. The molecule has 0 spiro atoms. The summed E-state index contributed by atoms with van der Waals surface area (Å²) < 4.78 is 66.9.